The van der Waals surface area contributed by atoms with Crippen molar-refractivity contribution in [1.29, 1.82) is 0 Å². The zero-order valence-electron chi connectivity index (χ0n) is 14.3. The van der Waals surface area contributed by atoms with E-state index in [4.69, 9.17) is 5.11 Å². The average Bonchev–Trinajstić information content (AvgIpc) is 2.94. The Morgan fingerprint density at radius 2 is 1.96 bits per heavy atom. The zero-order chi connectivity index (χ0) is 17.9. The summed E-state index contributed by atoms with van der Waals surface area (Å²) in [7, 11) is 0. The monoisotopic (exact) mass is 332 g/mol. The Bertz CT molecular complexity index is 627. The van der Waals surface area contributed by atoms with E-state index >= 15 is 0 Å². The molecule has 0 aliphatic carbocycles. The van der Waals surface area contributed by atoms with Gasteiger partial charge in [0.1, 0.15) is 0 Å². The van der Waals surface area contributed by atoms with Crippen molar-refractivity contribution in [3.63, 3.8) is 0 Å². The third kappa shape index (κ3) is 3.93. The SMILES string of the molecule is CC(c1ccccc1)N1CC(C(=O)NCC(C)(C)C(=O)O)CC1=O. The smallest absolute Gasteiger partial charge is 0.310 e. The van der Waals surface area contributed by atoms with E-state index in [2.05, 4.69) is 5.32 Å². The second-order valence-electron chi connectivity index (χ2n) is 6.94. The van der Waals surface area contributed by atoms with Gasteiger partial charge in [-0.1, -0.05) is 30.3 Å². The molecule has 6 nitrogen and oxygen atoms in total. The van der Waals surface area contributed by atoms with Crippen LogP contribution in [0, 0.1) is 11.3 Å². The summed E-state index contributed by atoms with van der Waals surface area (Å²) in [5.41, 5.74) is -0.00567. The van der Waals surface area contributed by atoms with Crippen LogP contribution < -0.4 is 5.32 Å². The van der Waals surface area contributed by atoms with Gasteiger partial charge in [0.25, 0.3) is 0 Å². The lowest BCUT2D eigenvalue weighted by molar-refractivity contribution is -0.147. The zero-order valence-corrected chi connectivity index (χ0v) is 14.3. The molecule has 1 aromatic carbocycles. The number of carbonyl (C=O) groups excluding carboxylic acids is 2. The number of nitrogens with zero attached hydrogens (tertiary/aromatic N) is 1. The van der Waals surface area contributed by atoms with Crippen LogP contribution in [0.15, 0.2) is 30.3 Å². The Labute approximate surface area is 141 Å². The summed E-state index contributed by atoms with van der Waals surface area (Å²) in [6, 6.07) is 9.59. The molecule has 2 unspecified atom stereocenters. The summed E-state index contributed by atoms with van der Waals surface area (Å²) in [6.45, 7) is 5.45. The molecule has 0 spiro atoms. The van der Waals surface area contributed by atoms with Gasteiger partial charge >= 0.3 is 5.97 Å². The number of carboxylic acids is 1. The van der Waals surface area contributed by atoms with Crippen molar-refractivity contribution in [2.75, 3.05) is 13.1 Å². The lowest BCUT2D eigenvalue weighted by Crippen LogP contribution is -2.42. The Morgan fingerprint density at radius 3 is 2.54 bits per heavy atom. The number of benzene rings is 1. The number of likely N-dealkylation sites (tertiary alicyclic amines) is 1. The summed E-state index contributed by atoms with van der Waals surface area (Å²) in [4.78, 5) is 37.3. The van der Waals surface area contributed by atoms with Gasteiger partial charge in [0, 0.05) is 19.5 Å². The molecule has 0 radical (unpaired) electrons. The molecule has 2 amide bonds. The molecule has 1 aliphatic heterocycles. The first-order valence-electron chi connectivity index (χ1n) is 8.08. The van der Waals surface area contributed by atoms with Gasteiger partial charge in [-0.05, 0) is 26.3 Å². The summed E-state index contributed by atoms with van der Waals surface area (Å²) in [6.07, 6.45) is 0.163. The highest BCUT2D eigenvalue weighted by atomic mass is 16.4. The predicted molar refractivity (Wildman–Crippen MR) is 89.1 cm³/mol. The molecule has 2 rings (SSSR count). The third-order valence-corrected chi connectivity index (χ3v) is 4.56. The highest BCUT2D eigenvalue weighted by Crippen LogP contribution is 2.28. The highest BCUT2D eigenvalue weighted by Gasteiger charge is 2.38. The molecule has 1 heterocycles. The lowest BCUT2D eigenvalue weighted by atomic mass is 9.93. The maximum absolute atomic E-state index is 12.3. The Hall–Kier alpha value is -2.37. The minimum absolute atomic E-state index is 0.0418. The van der Waals surface area contributed by atoms with Crippen LogP contribution in [0.1, 0.15) is 38.8 Å². The van der Waals surface area contributed by atoms with Crippen LogP contribution in [0.25, 0.3) is 0 Å². The second-order valence-corrected chi connectivity index (χ2v) is 6.94. The molecular weight excluding hydrogens is 308 g/mol. The number of carboxylic acid groups (broad SMARTS) is 1. The van der Waals surface area contributed by atoms with Gasteiger partial charge in [0.2, 0.25) is 11.8 Å². The molecule has 0 aromatic heterocycles. The minimum atomic E-state index is -1.03. The topological polar surface area (TPSA) is 86.7 Å². The van der Waals surface area contributed by atoms with Gasteiger partial charge in [0.15, 0.2) is 0 Å². The molecule has 1 saturated heterocycles. The number of hydrogen-bond acceptors (Lipinski definition) is 3. The van der Waals surface area contributed by atoms with Crippen molar-refractivity contribution in [2.24, 2.45) is 11.3 Å². The number of aliphatic carboxylic acids is 1. The number of amides is 2. The van der Waals surface area contributed by atoms with Gasteiger partial charge in [-0.3, -0.25) is 14.4 Å². The van der Waals surface area contributed by atoms with E-state index in [0.717, 1.165) is 5.56 Å². The van der Waals surface area contributed by atoms with E-state index < -0.39 is 17.3 Å². The van der Waals surface area contributed by atoms with Gasteiger partial charge in [-0.25, -0.2) is 0 Å². The van der Waals surface area contributed by atoms with Crippen LogP contribution in [-0.2, 0) is 14.4 Å². The first kappa shape index (κ1) is 18.0. The molecule has 0 bridgehead atoms. The average molecular weight is 332 g/mol. The lowest BCUT2D eigenvalue weighted by Gasteiger charge is -2.25. The minimum Gasteiger partial charge on any atom is -0.481 e. The summed E-state index contributed by atoms with van der Waals surface area (Å²) < 4.78 is 0. The van der Waals surface area contributed by atoms with E-state index in [1.165, 1.54) is 0 Å². The fraction of sp³-hybridized carbons (Fsp3) is 0.500. The fourth-order valence-corrected chi connectivity index (χ4v) is 2.72. The van der Waals surface area contributed by atoms with Crippen LogP contribution in [0.2, 0.25) is 0 Å². The third-order valence-electron chi connectivity index (χ3n) is 4.56. The number of carbonyl (C=O) groups is 3. The number of rotatable bonds is 6. The highest BCUT2D eigenvalue weighted by molar-refractivity contribution is 5.89. The summed E-state index contributed by atoms with van der Waals surface area (Å²) in [5, 5.41) is 11.8. The van der Waals surface area contributed by atoms with E-state index in [1.54, 1.807) is 18.7 Å². The molecule has 1 fully saturated rings. The van der Waals surface area contributed by atoms with Gasteiger partial charge in [-0.2, -0.15) is 0 Å². The van der Waals surface area contributed by atoms with E-state index in [-0.39, 0.29) is 30.8 Å². The van der Waals surface area contributed by atoms with Gasteiger partial charge in [0.05, 0.1) is 17.4 Å². The Balaban J connectivity index is 1.96. The molecule has 130 valence electrons. The van der Waals surface area contributed by atoms with Crippen LogP contribution in [0.3, 0.4) is 0 Å². The Kier molecular flexibility index (Phi) is 5.26. The predicted octanol–water partition coefficient (Wildman–Crippen LogP) is 1.82. The maximum Gasteiger partial charge on any atom is 0.310 e. The summed E-state index contributed by atoms with van der Waals surface area (Å²) in [5.74, 6) is -1.72. The second kappa shape index (κ2) is 7.03. The van der Waals surface area contributed by atoms with Crippen LogP contribution in [0.4, 0.5) is 0 Å². The molecule has 2 atom stereocenters. The first-order valence-corrected chi connectivity index (χ1v) is 8.08. The maximum atomic E-state index is 12.3. The van der Waals surface area contributed by atoms with Crippen LogP contribution >= 0.6 is 0 Å². The normalized spacial score (nSPS) is 19.2. The number of nitrogens with one attached hydrogen (secondary N) is 1. The Morgan fingerprint density at radius 1 is 1.33 bits per heavy atom. The van der Waals surface area contributed by atoms with E-state index in [0.29, 0.717) is 6.54 Å². The molecule has 1 aliphatic rings. The van der Waals surface area contributed by atoms with Crippen molar-refractivity contribution in [1.82, 2.24) is 10.2 Å². The van der Waals surface area contributed by atoms with Gasteiger partial charge in [-0.15, -0.1) is 0 Å². The van der Waals surface area contributed by atoms with E-state index in [9.17, 15) is 14.4 Å². The molecule has 2 N–H and O–H groups in total. The fourth-order valence-electron chi connectivity index (χ4n) is 2.72. The largest absolute Gasteiger partial charge is 0.481 e. The molecular formula is C18H24N2O4. The van der Waals surface area contributed by atoms with Crippen LogP contribution in [-0.4, -0.2) is 40.9 Å². The standard InChI is InChI=1S/C18H24N2O4/c1-12(13-7-5-4-6-8-13)20-10-14(9-15(20)21)16(22)19-11-18(2,3)17(23)24/h4-8,12,14H,9-11H2,1-3H3,(H,19,22)(H,23,24). The molecule has 0 saturated carbocycles. The molecule has 24 heavy (non-hydrogen) atoms. The van der Waals surface area contributed by atoms with Crippen LogP contribution in [0.5, 0.6) is 0 Å². The quantitative estimate of drug-likeness (QED) is 0.832. The molecule has 1 aromatic rings. The first-order chi connectivity index (χ1) is 11.2. The van der Waals surface area contributed by atoms with Crippen molar-refractivity contribution in [2.45, 2.75) is 33.2 Å². The number of hydrogen-bond donors (Lipinski definition) is 2. The van der Waals surface area contributed by atoms with Crippen molar-refractivity contribution in [3.8, 4) is 0 Å². The van der Waals surface area contributed by atoms with Crippen molar-refractivity contribution < 1.29 is 19.5 Å². The van der Waals surface area contributed by atoms with Crippen molar-refractivity contribution in [3.05, 3.63) is 35.9 Å². The molecule has 6 heteroatoms. The summed E-state index contributed by atoms with van der Waals surface area (Å²) >= 11 is 0. The van der Waals surface area contributed by atoms with E-state index in [1.807, 2.05) is 37.3 Å². The van der Waals surface area contributed by atoms with Crippen molar-refractivity contribution >= 4 is 17.8 Å². The van der Waals surface area contributed by atoms with Gasteiger partial charge < -0.3 is 15.3 Å².